The van der Waals surface area contributed by atoms with Gasteiger partial charge in [-0.1, -0.05) is 0 Å². The molecule has 0 heterocycles. The van der Waals surface area contributed by atoms with E-state index >= 15 is 0 Å². The van der Waals surface area contributed by atoms with Crippen molar-refractivity contribution < 1.29 is 4.20 Å². The second-order valence-electron chi connectivity index (χ2n) is 0.399. The van der Waals surface area contributed by atoms with Crippen molar-refractivity contribution in [3.05, 3.63) is 0 Å². The van der Waals surface area contributed by atoms with E-state index in [1.165, 1.54) is 0 Å². The molecule has 0 amide bonds. The molecule has 0 radical (unpaired) electrons. The first kappa shape index (κ1) is 7.04. The van der Waals surface area contributed by atoms with Crippen LogP contribution in [0.25, 0.3) is 0 Å². The summed E-state index contributed by atoms with van der Waals surface area (Å²) < 4.78 is 9.22. The van der Waals surface area contributed by atoms with E-state index in [0.29, 0.717) is 0 Å². The van der Waals surface area contributed by atoms with Crippen molar-refractivity contribution >= 4 is 57.5 Å². The van der Waals surface area contributed by atoms with Crippen molar-refractivity contribution in [2.75, 3.05) is 0 Å². The molecule has 0 N–H and O–H groups in total. The first-order valence-electron chi connectivity index (χ1n) is 0.690. The normalized spacial score (nSPS) is 11.8. The lowest BCUT2D eigenvalue weighted by molar-refractivity contribution is 0.934. The lowest BCUT2D eigenvalue weighted by Gasteiger charge is -1.79. The lowest BCUT2D eigenvalue weighted by atomic mass is 18.9. The van der Waals surface area contributed by atoms with Crippen LogP contribution in [0.1, 0.15) is 0 Å². The maximum Gasteiger partial charge on any atom is 0.225 e. The zero-order chi connectivity index (χ0) is 4.50. The molecule has 0 fully saturated rings. The van der Waals surface area contributed by atoms with Gasteiger partial charge in [0.15, 0.2) is 0 Å². The highest BCUT2D eigenvalue weighted by molar-refractivity contribution is 14.3. The van der Waals surface area contributed by atoms with Crippen LogP contribution >= 0.6 is 45.7 Å². The standard InChI is InChI=1S/FI2PS/c1-4(2,3)5. The Morgan fingerprint density at radius 1 is 1.60 bits per heavy atom. The van der Waals surface area contributed by atoms with E-state index in [-0.39, 0.29) is 0 Å². The average Bonchev–Trinajstić information content (AvgIpc) is 0.722. The number of hydrogen-bond acceptors (Lipinski definition) is 1. The molecule has 5 heavy (non-hydrogen) atoms. The van der Waals surface area contributed by atoms with Crippen LogP contribution in [-0.2, 0) is 11.8 Å². The molecule has 0 spiro atoms. The fourth-order valence-electron chi connectivity index (χ4n) is 0. The Labute approximate surface area is 61.0 Å². The molecule has 0 aromatic heterocycles. The summed E-state index contributed by atoms with van der Waals surface area (Å²) in [6.45, 7) is 0. The quantitative estimate of drug-likeness (QED) is 0.484. The Hall–Kier alpha value is 2.04. The summed E-state index contributed by atoms with van der Waals surface area (Å²) in [5.74, 6) is 0. The van der Waals surface area contributed by atoms with E-state index in [4.69, 9.17) is 0 Å². The van der Waals surface area contributed by atoms with Gasteiger partial charge >= 0.3 is 0 Å². The molecular formula is FI2PS. The first-order chi connectivity index (χ1) is 2.00. The Kier molecular flexibility index (Phi) is 3.34. The largest absolute Gasteiger partial charge is 0.225 e. The molecule has 0 saturated carbocycles. The van der Waals surface area contributed by atoms with Gasteiger partial charge in [-0.3, -0.25) is 0 Å². The lowest BCUT2D eigenvalue weighted by Crippen LogP contribution is -1.17. The maximum absolute atomic E-state index is 11.6. The zero-order valence-electron chi connectivity index (χ0n) is 1.99. The first-order valence-corrected chi connectivity index (χ1v) is 8.95. The maximum atomic E-state index is 11.6. The molecular weight excluding hydrogens is 336 g/mol. The second-order valence-corrected chi connectivity index (χ2v) is 20.1. The van der Waals surface area contributed by atoms with E-state index in [1.54, 1.807) is 44.1 Å². The minimum absolute atomic E-state index is 1.62. The fraction of sp³-hybridized carbons (Fsp3) is 0. The molecule has 32 valence electrons. The molecule has 0 atom stereocenters. The van der Waals surface area contributed by atoms with E-state index in [9.17, 15) is 4.20 Å². The second kappa shape index (κ2) is 2.37. The van der Waals surface area contributed by atoms with Gasteiger partial charge in [-0.15, -0.1) is 0 Å². The summed E-state index contributed by atoms with van der Waals surface area (Å²) in [6, 6.07) is 0. The van der Waals surface area contributed by atoms with Crippen LogP contribution in [0.15, 0.2) is 0 Å². The number of hydrogen-bond donors (Lipinski definition) is 0. The van der Waals surface area contributed by atoms with Gasteiger partial charge in [0.1, 0.15) is 0 Å². The van der Waals surface area contributed by atoms with Crippen LogP contribution in [0.5, 0.6) is 0 Å². The molecule has 0 unspecified atom stereocenters. The molecule has 0 saturated heterocycles. The molecule has 0 nitrogen and oxygen atoms in total. The highest BCUT2D eigenvalue weighted by Gasteiger charge is 1.96. The monoisotopic (exact) mass is 336 g/mol. The summed E-state index contributed by atoms with van der Waals surface area (Å²) in [6.07, 6.45) is 0. The van der Waals surface area contributed by atoms with Crippen molar-refractivity contribution in [2.45, 2.75) is 0 Å². The van der Waals surface area contributed by atoms with Crippen LogP contribution in [0.3, 0.4) is 0 Å². The van der Waals surface area contributed by atoms with Gasteiger partial charge in [0.05, 0.1) is 0 Å². The fourth-order valence-corrected chi connectivity index (χ4v) is 0. The van der Waals surface area contributed by atoms with Crippen molar-refractivity contribution in [3.63, 3.8) is 0 Å². The Balaban J connectivity index is 3.47. The van der Waals surface area contributed by atoms with E-state index < -0.39 is 1.63 Å². The summed E-state index contributed by atoms with van der Waals surface area (Å²) in [7, 11) is 0. The van der Waals surface area contributed by atoms with Gasteiger partial charge in [0, 0.05) is 44.1 Å². The van der Waals surface area contributed by atoms with Crippen LogP contribution in [0.4, 0.5) is 4.20 Å². The van der Waals surface area contributed by atoms with Gasteiger partial charge in [-0.25, -0.2) is 0 Å². The summed E-state index contributed by atoms with van der Waals surface area (Å²) in [5.41, 5.74) is 0. The molecule has 0 aromatic carbocycles. The van der Waals surface area contributed by atoms with Gasteiger partial charge in [0.25, 0.3) is 0 Å². The predicted octanol–water partition coefficient (Wildman–Crippen LogP) is 3.05. The number of halogens is 3. The van der Waals surface area contributed by atoms with Crippen LogP contribution in [-0.4, -0.2) is 0 Å². The third-order valence-electron chi connectivity index (χ3n) is 0. The van der Waals surface area contributed by atoms with Gasteiger partial charge in [-0.05, 0) is 11.8 Å². The minimum atomic E-state index is -2.37. The van der Waals surface area contributed by atoms with Gasteiger partial charge in [0.2, 0.25) is 1.63 Å². The Morgan fingerprint density at radius 3 is 1.60 bits per heavy atom. The topological polar surface area (TPSA) is 0 Å². The summed E-state index contributed by atoms with van der Waals surface area (Å²) in [4.78, 5) is 0. The molecule has 0 aliphatic heterocycles. The van der Waals surface area contributed by atoms with E-state index in [2.05, 4.69) is 11.8 Å². The van der Waals surface area contributed by atoms with Crippen molar-refractivity contribution in [1.29, 1.82) is 0 Å². The van der Waals surface area contributed by atoms with E-state index in [1.807, 2.05) is 0 Å². The SMILES string of the molecule is FP(=S)(I)I. The Bertz CT molecular complexity index is 55.8. The van der Waals surface area contributed by atoms with Crippen molar-refractivity contribution in [3.8, 4) is 0 Å². The van der Waals surface area contributed by atoms with Gasteiger partial charge in [-0.2, -0.15) is 4.20 Å². The molecule has 0 aliphatic rings. The van der Waals surface area contributed by atoms with Crippen LogP contribution < -0.4 is 0 Å². The van der Waals surface area contributed by atoms with Crippen LogP contribution in [0.2, 0.25) is 0 Å². The van der Waals surface area contributed by atoms with Crippen LogP contribution in [0, 0.1) is 0 Å². The predicted molar refractivity (Wildman–Crippen MR) is 43.4 cm³/mol. The zero-order valence-corrected chi connectivity index (χ0v) is 8.02. The molecule has 5 heteroatoms. The minimum Gasteiger partial charge on any atom is -0.196 e. The summed E-state index contributed by atoms with van der Waals surface area (Å²) >= 11 is 7.49. The van der Waals surface area contributed by atoms with Crippen molar-refractivity contribution in [2.24, 2.45) is 0 Å². The van der Waals surface area contributed by atoms with Crippen molar-refractivity contribution in [1.82, 2.24) is 0 Å². The Morgan fingerprint density at radius 2 is 1.60 bits per heavy atom. The summed E-state index contributed by atoms with van der Waals surface area (Å²) in [5, 5.41) is 0. The average molecular weight is 336 g/mol. The molecule has 0 bridgehead atoms. The number of rotatable bonds is 0. The molecule has 0 rings (SSSR count). The highest BCUT2D eigenvalue weighted by atomic mass is 127. The third kappa shape index (κ3) is 23.7. The third-order valence-corrected chi connectivity index (χ3v) is 0. The highest BCUT2D eigenvalue weighted by Crippen LogP contribution is 2.64. The van der Waals surface area contributed by atoms with Gasteiger partial charge < -0.3 is 0 Å². The van der Waals surface area contributed by atoms with E-state index in [0.717, 1.165) is 0 Å². The molecule has 0 aromatic rings. The molecule has 0 aliphatic carbocycles. The smallest absolute Gasteiger partial charge is 0.196 e.